The van der Waals surface area contributed by atoms with Gasteiger partial charge >= 0.3 is 0 Å². The monoisotopic (exact) mass is 495 g/mol. The molecule has 0 radical (unpaired) electrons. The number of carbonyl (C=O) groups excluding carboxylic acids is 1. The van der Waals surface area contributed by atoms with Gasteiger partial charge in [-0.05, 0) is 38.0 Å². The number of nitrogens with zero attached hydrogens (tertiary/aromatic N) is 6. The zero-order chi connectivity index (χ0) is 24.5. The number of fused-ring (bicyclic) bond motifs is 1. The van der Waals surface area contributed by atoms with Gasteiger partial charge in [0.15, 0.2) is 5.65 Å². The number of aryl methyl sites for hydroxylation is 1. The predicted octanol–water partition coefficient (Wildman–Crippen LogP) is 4.18. The SMILES string of the molecule is CCC(=O)N1CCC[C@@H](n2nc(-c3ccc(OCc4cc(C)on4)c(Cl)c3)c3c(N)ncnc32)C1. The highest BCUT2D eigenvalue weighted by molar-refractivity contribution is 6.32. The normalized spacial score (nSPS) is 16.1. The van der Waals surface area contributed by atoms with E-state index in [0.717, 1.165) is 24.9 Å². The third kappa shape index (κ3) is 4.53. The Labute approximate surface area is 207 Å². The molecule has 0 bridgehead atoms. The number of halogens is 1. The number of anilines is 1. The summed E-state index contributed by atoms with van der Waals surface area (Å²) in [5, 5.41) is 9.93. The van der Waals surface area contributed by atoms with Crippen LogP contribution in [0.15, 0.2) is 35.1 Å². The van der Waals surface area contributed by atoms with Gasteiger partial charge in [0.1, 0.15) is 41.6 Å². The van der Waals surface area contributed by atoms with Crippen LogP contribution < -0.4 is 10.5 Å². The van der Waals surface area contributed by atoms with E-state index in [1.807, 2.05) is 35.6 Å². The van der Waals surface area contributed by atoms with Crippen LogP contribution in [0.5, 0.6) is 5.75 Å². The molecule has 1 aromatic carbocycles. The third-order valence-corrected chi connectivity index (χ3v) is 6.47. The van der Waals surface area contributed by atoms with E-state index < -0.39 is 0 Å². The molecule has 0 spiro atoms. The first-order valence-electron chi connectivity index (χ1n) is 11.6. The Kier molecular flexibility index (Phi) is 6.29. The number of ether oxygens (including phenoxy) is 1. The molecule has 1 atom stereocenters. The number of nitrogen functional groups attached to an aromatic ring is 1. The lowest BCUT2D eigenvalue weighted by Crippen LogP contribution is -2.40. The summed E-state index contributed by atoms with van der Waals surface area (Å²) in [4.78, 5) is 22.9. The highest BCUT2D eigenvalue weighted by Gasteiger charge is 2.28. The van der Waals surface area contributed by atoms with Crippen LogP contribution in [0.4, 0.5) is 5.82 Å². The Hall–Kier alpha value is -3.66. The Morgan fingerprint density at radius 3 is 2.91 bits per heavy atom. The van der Waals surface area contributed by atoms with Gasteiger partial charge < -0.3 is 19.9 Å². The Morgan fingerprint density at radius 2 is 2.17 bits per heavy atom. The van der Waals surface area contributed by atoms with Gasteiger partial charge in [0.05, 0.1) is 16.5 Å². The van der Waals surface area contributed by atoms with E-state index in [1.165, 1.54) is 6.33 Å². The zero-order valence-corrected chi connectivity index (χ0v) is 20.3. The van der Waals surface area contributed by atoms with Crippen molar-refractivity contribution in [3.8, 4) is 17.0 Å². The highest BCUT2D eigenvalue weighted by atomic mass is 35.5. The molecule has 4 aromatic rings. The number of benzene rings is 1. The molecular weight excluding hydrogens is 470 g/mol. The van der Waals surface area contributed by atoms with Crippen LogP contribution in [0, 0.1) is 6.92 Å². The topological polar surface area (TPSA) is 125 Å². The number of rotatable bonds is 6. The molecule has 4 heterocycles. The number of aromatic nitrogens is 5. The van der Waals surface area contributed by atoms with E-state index in [-0.39, 0.29) is 18.6 Å². The molecule has 1 saturated heterocycles. The quantitative estimate of drug-likeness (QED) is 0.422. The molecule has 1 fully saturated rings. The molecule has 35 heavy (non-hydrogen) atoms. The number of piperidine rings is 1. The van der Waals surface area contributed by atoms with Crippen LogP contribution in [-0.2, 0) is 11.4 Å². The summed E-state index contributed by atoms with van der Waals surface area (Å²) in [6.07, 6.45) is 3.71. The summed E-state index contributed by atoms with van der Waals surface area (Å²) in [7, 11) is 0. The van der Waals surface area contributed by atoms with E-state index in [0.29, 0.717) is 57.7 Å². The summed E-state index contributed by atoms with van der Waals surface area (Å²) in [6, 6.07) is 7.26. The molecular formula is C24H26ClN7O3. The van der Waals surface area contributed by atoms with Gasteiger partial charge in [0.25, 0.3) is 0 Å². The van der Waals surface area contributed by atoms with Crippen molar-refractivity contribution in [3.05, 3.63) is 47.1 Å². The highest BCUT2D eigenvalue weighted by Crippen LogP contribution is 2.37. The minimum absolute atomic E-state index is 0.00575. The van der Waals surface area contributed by atoms with Crippen LogP contribution in [0.25, 0.3) is 22.3 Å². The Morgan fingerprint density at radius 1 is 1.31 bits per heavy atom. The van der Waals surface area contributed by atoms with Gasteiger partial charge in [0.2, 0.25) is 5.91 Å². The minimum Gasteiger partial charge on any atom is -0.486 e. The minimum atomic E-state index is -0.00575. The molecule has 2 N–H and O–H groups in total. The lowest BCUT2D eigenvalue weighted by Gasteiger charge is -2.32. The summed E-state index contributed by atoms with van der Waals surface area (Å²) < 4.78 is 12.8. The molecule has 0 unspecified atom stereocenters. The summed E-state index contributed by atoms with van der Waals surface area (Å²) in [5.74, 6) is 1.72. The van der Waals surface area contributed by atoms with E-state index in [1.54, 1.807) is 12.1 Å². The lowest BCUT2D eigenvalue weighted by molar-refractivity contribution is -0.132. The molecule has 5 rings (SSSR count). The summed E-state index contributed by atoms with van der Waals surface area (Å²) in [6.45, 7) is 5.29. The van der Waals surface area contributed by atoms with E-state index >= 15 is 0 Å². The summed E-state index contributed by atoms with van der Waals surface area (Å²) in [5.41, 5.74) is 9.00. The van der Waals surface area contributed by atoms with Crippen molar-refractivity contribution in [2.24, 2.45) is 0 Å². The zero-order valence-electron chi connectivity index (χ0n) is 19.6. The molecule has 0 aliphatic carbocycles. The number of nitrogens with two attached hydrogens (primary N) is 1. The number of hydrogen-bond donors (Lipinski definition) is 1. The third-order valence-electron chi connectivity index (χ3n) is 6.17. The fraction of sp³-hybridized carbons (Fsp3) is 0.375. The van der Waals surface area contributed by atoms with Crippen molar-refractivity contribution in [1.29, 1.82) is 0 Å². The van der Waals surface area contributed by atoms with Crippen LogP contribution in [-0.4, -0.2) is 48.8 Å². The number of likely N-dealkylation sites (tertiary alicyclic amines) is 1. The fourth-order valence-electron chi connectivity index (χ4n) is 4.46. The first-order chi connectivity index (χ1) is 16.9. The molecule has 3 aromatic heterocycles. The predicted molar refractivity (Wildman–Crippen MR) is 131 cm³/mol. The Bertz CT molecular complexity index is 1380. The second-order valence-corrected chi connectivity index (χ2v) is 9.01. The molecule has 0 saturated carbocycles. The van der Waals surface area contributed by atoms with Gasteiger partial charge in [-0.2, -0.15) is 5.10 Å². The molecule has 10 nitrogen and oxygen atoms in total. The van der Waals surface area contributed by atoms with E-state index in [4.69, 9.17) is 31.7 Å². The molecule has 11 heteroatoms. The van der Waals surface area contributed by atoms with Crippen molar-refractivity contribution in [2.45, 2.75) is 45.8 Å². The van der Waals surface area contributed by atoms with Crippen LogP contribution in [0.1, 0.15) is 43.7 Å². The number of amides is 1. The van der Waals surface area contributed by atoms with E-state index in [9.17, 15) is 4.79 Å². The number of carbonyl (C=O) groups is 1. The van der Waals surface area contributed by atoms with Crippen molar-refractivity contribution < 1.29 is 14.1 Å². The largest absolute Gasteiger partial charge is 0.486 e. The van der Waals surface area contributed by atoms with Gasteiger partial charge in [-0.15, -0.1) is 0 Å². The maximum Gasteiger partial charge on any atom is 0.222 e. The van der Waals surface area contributed by atoms with Crippen LogP contribution in [0.3, 0.4) is 0 Å². The first-order valence-corrected chi connectivity index (χ1v) is 11.9. The molecule has 1 aliphatic heterocycles. The fourth-order valence-corrected chi connectivity index (χ4v) is 4.69. The maximum absolute atomic E-state index is 12.3. The van der Waals surface area contributed by atoms with E-state index in [2.05, 4.69) is 15.1 Å². The number of hydrogen-bond acceptors (Lipinski definition) is 8. The second kappa shape index (κ2) is 9.53. The van der Waals surface area contributed by atoms with Crippen molar-refractivity contribution in [1.82, 2.24) is 29.8 Å². The second-order valence-electron chi connectivity index (χ2n) is 8.60. The smallest absolute Gasteiger partial charge is 0.222 e. The maximum atomic E-state index is 12.3. The van der Waals surface area contributed by atoms with Crippen LogP contribution in [0.2, 0.25) is 5.02 Å². The van der Waals surface area contributed by atoms with Gasteiger partial charge in [-0.25, -0.2) is 14.6 Å². The molecule has 1 aliphatic rings. The van der Waals surface area contributed by atoms with Gasteiger partial charge in [-0.1, -0.05) is 23.7 Å². The van der Waals surface area contributed by atoms with Crippen molar-refractivity contribution >= 4 is 34.4 Å². The van der Waals surface area contributed by atoms with Crippen LogP contribution >= 0.6 is 11.6 Å². The lowest BCUT2D eigenvalue weighted by atomic mass is 10.1. The summed E-state index contributed by atoms with van der Waals surface area (Å²) >= 11 is 6.56. The van der Waals surface area contributed by atoms with Crippen molar-refractivity contribution in [2.75, 3.05) is 18.8 Å². The van der Waals surface area contributed by atoms with Gasteiger partial charge in [-0.3, -0.25) is 4.79 Å². The Balaban J connectivity index is 1.47. The average Bonchev–Trinajstić information content (AvgIpc) is 3.47. The molecule has 182 valence electrons. The van der Waals surface area contributed by atoms with Crippen molar-refractivity contribution in [3.63, 3.8) is 0 Å². The standard InChI is InChI=1S/C24H26ClN7O3/c1-3-20(33)31-8-4-5-17(11-31)32-24-21(23(26)27-13-28-24)22(29-32)15-6-7-19(18(25)10-15)34-12-16-9-14(2)35-30-16/h6-7,9-10,13,17H,3-5,8,11-12H2,1-2H3,(H2,26,27,28)/t17-/m1/s1. The first kappa shape index (κ1) is 23.1. The average molecular weight is 496 g/mol. The molecule has 1 amide bonds. The van der Waals surface area contributed by atoms with Gasteiger partial charge in [0, 0.05) is 31.1 Å².